The molecule has 1 heterocycles. The molecule has 0 bridgehead atoms. The number of carbonyl (C=O) groups excluding carboxylic acids is 2. The van der Waals surface area contributed by atoms with E-state index in [-0.39, 0.29) is 5.91 Å². The Morgan fingerprint density at radius 1 is 1.00 bits per heavy atom. The third kappa shape index (κ3) is 3.32. The lowest BCUT2D eigenvalue weighted by Gasteiger charge is -2.20. The monoisotopic (exact) mass is 261 g/mol. The third-order valence-corrected chi connectivity index (χ3v) is 3.42. The van der Waals surface area contributed by atoms with Crippen molar-refractivity contribution in [1.82, 2.24) is 9.80 Å². The van der Waals surface area contributed by atoms with Crippen LogP contribution in [-0.4, -0.2) is 54.8 Å². The number of hydrogen-bond acceptors (Lipinski definition) is 3. The average molecular weight is 261 g/mol. The minimum atomic E-state index is -0.476. The zero-order valence-electron chi connectivity index (χ0n) is 11.1. The fraction of sp³-hybridized carbons (Fsp3) is 0.429. The van der Waals surface area contributed by atoms with Crippen LogP contribution in [0.5, 0.6) is 0 Å². The number of primary amides is 1. The molecular formula is C14H19N3O2. The average Bonchev–Trinajstić information content (AvgIpc) is 2.63. The van der Waals surface area contributed by atoms with Crippen molar-refractivity contribution in [2.75, 3.05) is 33.2 Å². The SMILES string of the molecule is CN1CCCN(C(=O)c2ccc(C(N)=O)cc2)CC1. The van der Waals surface area contributed by atoms with Crippen molar-refractivity contribution in [1.29, 1.82) is 0 Å². The highest BCUT2D eigenvalue weighted by Crippen LogP contribution is 2.10. The molecule has 0 saturated carbocycles. The van der Waals surface area contributed by atoms with Gasteiger partial charge in [-0.2, -0.15) is 0 Å². The number of rotatable bonds is 2. The first kappa shape index (κ1) is 13.5. The summed E-state index contributed by atoms with van der Waals surface area (Å²) in [6.45, 7) is 3.43. The molecule has 1 aromatic carbocycles. The van der Waals surface area contributed by atoms with Crippen molar-refractivity contribution >= 4 is 11.8 Å². The highest BCUT2D eigenvalue weighted by Gasteiger charge is 2.18. The van der Waals surface area contributed by atoms with Gasteiger partial charge in [-0.1, -0.05) is 0 Å². The summed E-state index contributed by atoms with van der Waals surface area (Å²) in [6.07, 6.45) is 0.988. The first-order valence-electron chi connectivity index (χ1n) is 6.45. The van der Waals surface area contributed by atoms with E-state index in [0.717, 1.165) is 32.6 Å². The number of nitrogens with zero attached hydrogens (tertiary/aromatic N) is 2. The van der Waals surface area contributed by atoms with Gasteiger partial charge in [0.1, 0.15) is 0 Å². The molecular weight excluding hydrogens is 242 g/mol. The van der Waals surface area contributed by atoms with Crippen LogP contribution in [0.15, 0.2) is 24.3 Å². The van der Waals surface area contributed by atoms with Gasteiger partial charge >= 0.3 is 0 Å². The first-order chi connectivity index (χ1) is 9.08. The van der Waals surface area contributed by atoms with E-state index in [1.165, 1.54) is 0 Å². The maximum Gasteiger partial charge on any atom is 0.253 e. The van der Waals surface area contributed by atoms with Gasteiger partial charge in [0.15, 0.2) is 0 Å². The lowest BCUT2D eigenvalue weighted by atomic mass is 10.1. The third-order valence-electron chi connectivity index (χ3n) is 3.42. The Morgan fingerprint density at radius 2 is 1.63 bits per heavy atom. The maximum atomic E-state index is 12.3. The van der Waals surface area contributed by atoms with Crippen LogP contribution in [-0.2, 0) is 0 Å². The number of benzene rings is 1. The molecule has 0 aromatic heterocycles. The molecule has 5 nitrogen and oxygen atoms in total. The quantitative estimate of drug-likeness (QED) is 0.846. The molecule has 0 spiro atoms. The second kappa shape index (κ2) is 5.84. The van der Waals surface area contributed by atoms with E-state index in [1.54, 1.807) is 24.3 Å². The Bertz CT molecular complexity index is 470. The summed E-state index contributed by atoms with van der Waals surface area (Å²) in [5, 5.41) is 0. The smallest absolute Gasteiger partial charge is 0.253 e. The zero-order chi connectivity index (χ0) is 13.8. The van der Waals surface area contributed by atoms with Crippen LogP contribution in [0.4, 0.5) is 0 Å². The van der Waals surface area contributed by atoms with Crippen LogP contribution in [0.25, 0.3) is 0 Å². The van der Waals surface area contributed by atoms with Crippen LogP contribution in [0.1, 0.15) is 27.1 Å². The highest BCUT2D eigenvalue weighted by atomic mass is 16.2. The largest absolute Gasteiger partial charge is 0.366 e. The molecule has 1 aliphatic heterocycles. The second-order valence-electron chi connectivity index (χ2n) is 4.89. The molecule has 2 N–H and O–H groups in total. The summed E-state index contributed by atoms with van der Waals surface area (Å²) in [6, 6.07) is 6.52. The predicted molar refractivity (Wildman–Crippen MR) is 73.0 cm³/mol. The summed E-state index contributed by atoms with van der Waals surface area (Å²) in [7, 11) is 2.07. The van der Waals surface area contributed by atoms with Crippen LogP contribution in [0.2, 0.25) is 0 Å². The minimum Gasteiger partial charge on any atom is -0.366 e. The molecule has 5 heteroatoms. The molecule has 2 amide bonds. The van der Waals surface area contributed by atoms with Gasteiger partial charge in [-0.25, -0.2) is 0 Å². The second-order valence-corrected chi connectivity index (χ2v) is 4.89. The molecule has 102 valence electrons. The van der Waals surface area contributed by atoms with Crippen molar-refractivity contribution < 1.29 is 9.59 Å². The Morgan fingerprint density at radius 3 is 2.26 bits per heavy atom. The molecule has 1 saturated heterocycles. The fourth-order valence-electron chi connectivity index (χ4n) is 2.21. The van der Waals surface area contributed by atoms with Gasteiger partial charge in [0.05, 0.1) is 0 Å². The number of likely N-dealkylation sites (N-methyl/N-ethyl adjacent to an activating group) is 1. The van der Waals surface area contributed by atoms with E-state index in [1.807, 2.05) is 4.90 Å². The van der Waals surface area contributed by atoms with Crippen LogP contribution < -0.4 is 5.73 Å². The van der Waals surface area contributed by atoms with Crippen LogP contribution in [0.3, 0.4) is 0 Å². The molecule has 1 fully saturated rings. The van der Waals surface area contributed by atoms with Gasteiger partial charge < -0.3 is 15.5 Å². The summed E-state index contributed by atoms with van der Waals surface area (Å²) >= 11 is 0. The number of amides is 2. The van der Waals surface area contributed by atoms with Crippen LogP contribution >= 0.6 is 0 Å². The molecule has 0 atom stereocenters. The molecule has 0 radical (unpaired) electrons. The Kier molecular flexibility index (Phi) is 4.16. The molecule has 0 unspecified atom stereocenters. The van der Waals surface area contributed by atoms with Gasteiger partial charge in [0.2, 0.25) is 5.91 Å². The summed E-state index contributed by atoms with van der Waals surface area (Å²) in [5.74, 6) is -0.457. The highest BCUT2D eigenvalue weighted by molar-refractivity contribution is 5.97. The van der Waals surface area contributed by atoms with Gasteiger partial charge in [-0.05, 0) is 44.3 Å². The van der Waals surface area contributed by atoms with Gasteiger partial charge in [-0.3, -0.25) is 9.59 Å². The Balaban J connectivity index is 2.08. The number of nitrogens with two attached hydrogens (primary N) is 1. The Labute approximate surface area is 113 Å². The first-order valence-corrected chi connectivity index (χ1v) is 6.45. The van der Waals surface area contributed by atoms with E-state index in [4.69, 9.17) is 5.73 Å². The summed E-state index contributed by atoms with van der Waals surface area (Å²) in [5.41, 5.74) is 6.21. The summed E-state index contributed by atoms with van der Waals surface area (Å²) < 4.78 is 0. The van der Waals surface area contributed by atoms with E-state index < -0.39 is 5.91 Å². The van der Waals surface area contributed by atoms with Crippen molar-refractivity contribution in [2.24, 2.45) is 5.73 Å². The van der Waals surface area contributed by atoms with E-state index in [2.05, 4.69) is 11.9 Å². The van der Waals surface area contributed by atoms with Gasteiger partial charge in [0, 0.05) is 30.8 Å². The fourth-order valence-corrected chi connectivity index (χ4v) is 2.21. The zero-order valence-corrected chi connectivity index (χ0v) is 11.1. The van der Waals surface area contributed by atoms with E-state index in [9.17, 15) is 9.59 Å². The van der Waals surface area contributed by atoms with Crippen molar-refractivity contribution in [3.63, 3.8) is 0 Å². The van der Waals surface area contributed by atoms with Gasteiger partial charge in [-0.15, -0.1) is 0 Å². The number of hydrogen-bond donors (Lipinski definition) is 1. The van der Waals surface area contributed by atoms with Crippen LogP contribution in [0, 0.1) is 0 Å². The maximum absolute atomic E-state index is 12.3. The van der Waals surface area contributed by atoms with Crippen molar-refractivity contribution in [2.45, 2.75) is 6.42 Å². The van der Waals surface area contributed by atoms with E-state index >= 15 is 0 Å². The number of carbonyl (C=O) groups is 2. The lowest BCUT2D eigenvalue weighted by Crippen LogP contribution is -2.34. The molecule has 19 heavy (non-hydrogen) atoms. The molecule has 1 aromatic rings. The molecule has 0 aliphatic carbocycles. The van der Waals surface area contributed by atoms with E-state index in [0.29, 0.717) is 11.1 Å². The van der Waals surface area contributed by atoms with Crippen molar-refractivity contribution in [3.8, 4) is 0 Å². The summed E-state index contributed by atoms with van der Waals surface area (Å²) in [4.78, 5) is 27.4. The molecule has 2 rings (SSSR count). The van der Waals surface area contributed by atoms with Gasteiger partial charge in [0.25, 0.3) is 5.91 Å². The van der Waals surface area contributed by atoms with Crippen molar-refractivity contribution in [3.05, 3.63) is 35.4 Å². The lowest BCUT2D eigenvalue weighted by molar-refractivity contribution is 0.0762. The minimum absolute atomic E-state index is 0.0197. The topological polar surface area (TPSA) is 66.6 Å². The normalized spacial score (nSPS) is 17.0. The predicted octanol–water partition coefficient (Wildman–Crippen LogP) is 0.563. The Hall–Kier alpha value is -1.88. The standard InChI is InChI=1S/C14H19N3O2/c1-16-7-2-8-17(10-9-16)14(19)12-5-3-11(4-6-12)13(15)18/h3-6H,2,7-10H2,1H3,(H2,15,18). The molecule has 1 aliphatic rings.